The predicted octanol–water partition coefficient (Wildman–Crippen LogP) is 0.470. The van der Waals surface area contributed by atoms with Crippen LogP contribution in [0, 0.1) is 10.1 Å². The van der Waals surface area contributed by atoms with Gasteiger partial charge in [0.25, 0.3) is 11.2 Å². The molecule has 1 heterocycles. The fraction of sp³-hybridized carbons (Fsp3) is 0.462. The Morgan fingerprint density at radius 1 is 1.36 bits per heavy atom. The average Bonchev–Trinajstić information content (AvgIpc) is 2.46. The number of nitro groups is 1. The summed E-state index contributed by atoms with van der Waals surface area (Å²) in [4.78, 5) is 45.1. The summed E-state index contributed by atoms with van der Waals surface area (Å²) in [6, 6.07) is 2.24. The molecular weight excluding hydrogens is 294 g/mol. The predicted molar refractivity (Wildman–Crippen MR) is 76.5 cm³/mol. The van der Waals surface area contributed by atoms with E-state index in [1.165, 1.54) is 16.5 Å². The van der Waals surface area contributed by atoms with E-state index in [2.05, 4.69) is 0 Å². The molecule has 0 spiro atoms. The Labute approximate surface area is 125 Å². The number of carbonyl (C=O) groups excluding carboxylic acids is 1. The second-order valence-corrected chi connectivity index (χ2v) is 4.74. The van der Waals surface area contributed by atoms with E-state index in [1.54, 1.807) is 0 Å². The number of pyridine rings is 1. The Bertz CT molecular complexity index is 624. The van der Waals surface area contributed by atoms with Gasteiger partial charge < -0.3 is 14.6 Å². The Balaban J connectivity index is 2.52. The van der Waals surface area contributed by atoms with Gasteiger partial charge in [-0.3, -0.25) is 24.5 Å². The van der Waals surface area contributed by atoms with Crippen LogP contribution in [0.15, 0.2) is 23.1 Å². The van der Waals surface area contributed by atoms with Crippen molar-refractivity contribution in [1.29, 1.82) is 0 Å². The largest absolute Gasteiger partial charge is 0.481 e. The van der Waals surface area contributed by atoms with Gasteiger partial charge in [-0.25, -0.2) is 0 Å². The normalized spacial score (nSPS) is 10.2. The van der Waals surface area contributed by atoms with E-state index in [9.17, 15) is 24.5 Å². The maximum Gasteiger partial charge on any atom is 0.305 e. The maximum atomic E-state index is 11.7. The zero-order valence-corrected chi connectivity index (χ0v) is 12.1. The number of rotatable bonds is 8. The molecule has 120 valence electrons. The molecule has 1 N–H and O–H groups in total. The fourth-order valence-corrected chi connectivity index (χ4v) is 1.78. The highest BCUT2D eigenvalue weighted by atomic mass is 16.6. The fourth-order valence-electron chi connectivity index (χ4n) is 1.78. The lowest BCUT2D eigenvalue weighted by Crippen LogP contribution is -2.29. The summed E-state index contributed by atoms with van der Waals surface area (Å²) in [5, 5.41) is 19.2. The van der Waals surface area contributed by atoms with E-state index in [1.807, 2.05) is 0 Å². The van der Waals surface area contributed by atoms with Crippen LogP contribution in [0.2, 0.25) is 0 Å². The molecule has 0 saturated heterocycles. The van der Waals surface area contributed by atoms with Crippen LogP contribution < -0.4 is 5.56 Å². The second kappa shape index (κ2) is 7.91. The van der Waals surface area contributed by atoms with Gasteiger partial charge in [-0.05, 0) is 6.42 Å². The molecule has 0 aromatic carbocycles. The summed E-state index contributed by atoms with van der Waals surface area (Å²) in [6.07, 6.45) is 1.47. The Morgan fingerprint density at radius 3 is 2.64 bits per heavy atom. The maximum absolute atomic E-state index is 11.7. The average molecular weight is 311 g/mol. The summed E-state index contributed by atoms with van der Waals surface area (Å²) in [6.45, 7) is 0.296. The summed E-state index contributed by atoms with van der Waals surface area (Å²) < 4.78 is 1.18. The van der Waals surface area contributed by atoms with Crippen molar-refractivity contribution in [3.8, 4) is 0 Å². The SMILES string of the molecule is CN(CCC(=O)O)C(=O)CCCn1cc([N+](=O)[O-])ccc1=O. The third-order valence-corrected chi connectivity index (χ3v) is 3.06. The van der Waals surface area contributed by atoms with Crippen LogP contribution in [0.4, 0.5) is 5.69 Å². The Kier molecular flexibility index (Phi) is 6.24. The zero-order valence-electron chi connectivity index (χ0n) is 12.1. The molecule has 0 aliphatic heterocycles. The van der Waals surface area contributed by atoms with Gasteiger partial charge in [-0.15, -0.1) is 0 Å². The monoisotopic (exact) mass is 311 g/mol. The molecule has 0 atom stereocenters. The highest BCUT2D eigenvalue weighted by Crippen LogP contribution is 2.07. The first-order chi connectivity index (χ1) is 10.3. The number of carboxylic acid groups (broad SMARTS) is 1. The van der Waals surface area contributed by atoms with Gasteiger partial charge in [0.2, 0.25) is 5.91 Å². The Morgan fingerprint density at radius 2 is 2.05 bits per heavy atom. The highest BCUT2D eigenvalue weighted by Gasteiger charge is 2.11. The van der Waals surface area contributed by atoms with Crippen molar-refractivity contribution in [3.63, 3.8) is 0 Å². The van der Waals surface area contributed by atoms with Crippen molar-refractivity contribution in [3.05, 3.63) is 38.8 Å². The van der Waals surface area contributed by atoms with Gasteiger partial charge in [0, 0.05) is 38.7 Å². The molecule has 0 bridgehead atoms. The molecule has 0 saturated carbocycles. The standard InChI is InChI=1S/C13H17N3O6/c1-14(8-6-13(19)20)11(17)3-2-7-15-9-10(16(21)22)4-5-12(15)18/h4-5,9H,2-3,6-8H2,1H3,(H,19,20). The number of aryl methyl sites for hydroxylation is 1. The van der Waals surface area contributed by atoms with Crippen LogP contribution in [0.5, 0.6) is 0 Å². The first-order valence-electron chi connectivity index (χ1n) is 6.62. The van der Waals surface area contributed by atoms with Crippen LogP contribution in [-0.4, -0.2) is 45.0 Å². The van der Waals surface area contributed by atoms with Gasteiger partial charge in [0.05, 0.1) is 17.5 Å². The van der Waals surface area contributed by atoms with Crippen molar-refractivity contribution in [2.75, 3.05) is 13.6 Å². The molecule has 22 heavy (non-hydrogen) atoms. The Hall–Kier alpha value is -2.71. The topological polar surface area (TPSA) is 123 Å². The minimum Gasteiger partial charge on any atom is -0.481 e. The minimum absolute atomic E-state index is 0.116. The second-order valence-electron chi connectivity index (χ2n) is 4.74. The van der Waals surface area contributed by atoms with Gasteiger partial charge >= 0.3 is 5.97 Å². The van der Waals surface area contributed by atoms with Crippen molar-refractivity contribution >= 4 is 17.6 Å². The summed E-state index contributed by atoms with van der Waals surface area (Å²) in [7, 11) is 1.50. The lowest BCUT2D eigenvalue weighted by Gasteiger charge is -2.16. The molecule has 0 fully saturated rings. The number of aromatic nitrogens is 1. The van der Waals surface area contributed by atoms with Gasteiger partial charge in [-0.1, -0.05) is 0 Å². The number of carbonyl (C=O) groups is 2. The molecule has 9 nitrogen and oxygen atoms in total. The third kappa shape index (κ3) is 5.35. The van der Waals surface area contributed by atoms with Gasteiger partial charge in [0.1, 0.15) is 0 Å². The lowest BCUT2D eigenvalue weighted by molar-refractivity contribution is -0.385. The smallest absolute Gasteiger partial charge is 0.305 e. The number of amides is 1. The minimum atomic E-state index is -0.984. The van der Waals surface area contributed by atoms with E-state index < -0.39 is 10.9 Å². The van der Waals surface area contributed by atoms with E-state index in [0.717, 1.165) is 18.3 Å². The van der Waals surface area contributed by atoms with E-state index in [4.69, 9.17) is 5.11 Å². The molecular formula is C13H17N3O6. The summed E-state index contributed by atoms with van der Waals surface area (Å²) in [5.74, 6) is -1.22. The van der Waals surface area contributed by atoms with Crippen LogP contribution >= 0.6 is 0 Å². The van der Waals surface area contributed by atoms with E-state index in [0.29, 0.717) is 6.42 Å². The zero-order chi connectivity index (χ0) is 16.7. The molecule has 1 aromatic rings. The quantitative estimate of drug-likeness (QED) is 0.550. The molecule has 1 aromatic heterocycles. The number of carboxylic acids is 1. The number of hydrogen-bond acceptors (Lipinski definition) is 5. The molecule has 1 amide bonds. The van der Waals surface area contributed by atoms with Gasteiger partial charge in [0.15, 0.2) is 0 Å². The molecule has 0 aliphatic rings. The molecule has 0 aliphatic carbocycles. The molecule has 0 radical (unpaired) electrons. The highest BCUT2D eigenvalue weighted by molar-refractivity contribution is 5.76. The van der Waals surface area contributed by atoms with Crippen LogP contribution in [-0.2, 0) is 16.1 Å². The van der Waals surface area contributed by atoms with Crippen molar-refractivity contribution in [1.82, 2.24) is 9.47 Å². The van der Waals surface area contributed by atoms with Gasteiger partial charge in [-0.2, -0.15) is 0 Å². The molecule has 1 rings (SSSR count). The molecule has 0 unspecified atom stereocenters. The first-order valence-corrected chi connectivity index (χ1v) is 6.62. The number of aliphatic carboxylic acids is 1. The lowest BCUT2D eigenvalue weighted by atomic mass is 10.2. The first kappa shape index (κ1) is 17.3. The third-order valence-electron chi connectivity index (χ3n) is 3.06. The van der Waals surface area contributed by atoms with Crippen LogP contribution in [0.1, 0.15) is 19.3 Å². The number of nitrogens with zero attached hydrogens (tertiary/aromatic N) is 3. The number of hydrogen-bond donors (Lipinski definition) is 1. The van der Waals surface area contributed by atoms with E-state index >= 15 is 0 Å². The van der Waals surface area contributed by atoms with Crippen LogP contribution in [0.3, 0.4) is 0 Å². The van der Waals surface area contributed by atoms with Crippen molar-refractivity contribution in [2.45, 2.75) is 25.8 Å². The van der Waals surface area contributed by atoms with E-state index in [-0.39, 0.29) is 43.1 Å². The van der Waals surface area contributed by atoms with Crippen LogP contribution in [0.25, 0.3) is 0 Å². The molecule has 9 heteroatoms. The summed E-state index contributed by atoms with van der Waals surface area (Å²) in [5.41, 5.74) is -0.568. The van der Waals surface area contributed by atoms with Crippen molar-refractivity contribution < 1.29 is 19.6 Å². The van der Waals surface area contributed by atoms with Crippen molar-refractivity contribution in [2.24, 2.45) is 0 Å². The summed E-state index contributed by atoms with van der Waals surface area (Å²) >= 11 is 0.